The molecule has 166 valence electrons. The molecule has 0 aliphatic carbocycles. The molecule has 2 amide bonds. The van der Waals surface area contributed by atoms with Gasteiger partial charge in [0.05, 0.1) is 0 Å². The monoisotopic (exact) mass is 440 g/mol. The van der Waals surface area contributed by atoms with E-state index in [9.17, 15) is 9.59 Å². The number of nitrogens with zero attached hydrogens (tertiary/aromatic N) is 2. The molecule has 0 spiro atoms. The topological polar surface area (TPSA) is 97.1 Å². The van der Waals surface area contributed by atoms with E-state index in [1.165, 1.54) is 6.92 Å². The Morgan fingerprint density at radius 1 is 0.909 bits per heavy atom. The van der Waals surface area contributed by atoms with Crippen LogP contribution in [-0.2, 0) is 11.3 Å². The molecule has 7 nitrogen and oxygen atoms in total. The van der Waals surface area contributed by atoms with Gasteiger partial charge in [-0.2, -0.15) is 0 Å². The largest absolute Gasteiger partial charge is 0.421 e. The highest BCUT2D eigenvalue weighted by Gasteiger charge is 2.11. The molecule has 0 aliphatic rings. The Bertz CT molecular complexity index is 1310. The summed E-state index contributed by atoms with van der Waals surface area (Å²) in [4.78, 5) is 23.9. The van der Waals surface area contributed by atoms with Gasteiger partial charge in [-0.3, -0.25) is 9.59 Å². The summed E-state index contributed by atoms with van der Waals surface area (Å²) in [5, 5.41) is 13.6. The molecule has 0 saturated heterocycles. The van der Waals surface area contributed by atoms with Crippen LogP contribution < -0.4 is 10.6 Å². The standard InChI is InChI=1S/C26H24N4O3/c1-16-7-8-22(26-30-29-18(3)33-26)14-24(16)20-9-11-21(12-10-20)25(32)27-15-19-5-4-6-23(13-19)28-17(2)31/h4-14H,15H2,1-3H3,(H,27,32)(H,28,31). The Kier molecular flexibility index (Phi) is 6.31. The Morgan fingerprint density at radius 3 is 2.36 bits per heavy atom. The van der Waals surface area contributed by atoms with Crippen LogP contribution in [0.2, 0.25) is 0 Å². The van der Waals surface area contributed by atoms with Gasteiger partial charge >= 0.3 is 0 Å². The summed E-state index contributed by atoms with van der Waals surface area (Å²) < 4.78 is 5.54. The Labute approximate surface area is 191 Å². The van der Waals surface area contributed by atoms with Crippen molar-refractivity contribution in [3.63, 3.8) is 0 Å². The molecule has 0 saturated carbocycles. The van der Waals surface area contributed by atoms with E-state index in [0.29, 0.717) is 29.6 Å². The summed E-state index contributed by atoms with van der Waals surface area (Å²) >= 11 is 0. The number of rotatable bonds is 6. The first-order valence-corrected chi connectivity index (χ1v) is 10.6. The average molecular weight is 441 g/mol. The minimum Gasteiger partial charge on any atom is -0.421 e. The van der Waals surface area contributed by atoms with Crippen molar-refractivity contribution < 1.29 is 14.0 Å². The van der Waals surface area contributed by atoms with E-state index in [1.54, 1.807) is 19.1 Å². The maximum Gasteiger partial charge on any atom is 0.251 e. The van der Waals surface area contributed by atoms with Crippen LogP contribution in [0.1, 0.15) is 34.3 Å². The van der Waals surface area contributed by atoms with Crippen LogP contribution in [0, 0.1) is 13.8 Å². The predicted octanol–water partition coefficient (Wildman–Crippen LogP) is 4.91. The third-order valence-electron chi connectivity index (χ3n) is 5.17. The number of benzene rings is 3. The molecule has 0 atom stereocenters. The lowest BCUT2D eigenvalue weighted by atomic mass is 9.97. The van der Waals surface area contributed by atoms with Crippen LogP contribution in [0.5, 0.6) is 0 Å². The van der Waals surface area contributed by atoms with Crippen LogP contribution in [0.3, 0.4) is 0 Å². The van der Waals surface area contributed by atoms with Gasteiger partial charge in [0.15, 0.2) is 0 Å². The van der Waals surface area contributed by atoms with Gasteiger partial charge in [-0.05, 0) is 65.6 Å². The van der Waals surface area contributed by atoms with Crippen molar-refractivity contribution in [1.82, 2.24) is 15.5 Å². The lowest BCUT2D eigenvalue weighted by Gasteiger charge is -2.10. The summed E-state index contributed by atoms with van der Waals surface area (Å²) in [6, 6.07) is 20.8. The Morgan fingerprint density at radius 2 is 1.67 bits per heavy atom. The van der Waals surface area contributed by atoms with Crippen molar-refractivity contribution in [2.45, 2.75) is 27.3 Å². The number of hydrogen-bond acceptors (Lipinski definition) is 5. The minimum atomic E-state index is -0.168. The molecule has 0 aliphatic heterocycles. The van der Waals surface area contributed by atoms with Crippen molar-refractivity contribution >= 4 is 17.5 Å². The Hall–Kier alpha value is -4.26. The number of carbonyl (C=O) groups excluding carboxylic acids is 2. The van der Waals surface area contributed by atoms with Gasteiger partial charge in [-0.25, -0.2) is 0 Å². The number of anilines is 1. The first-order chi connectivity index (χ1) is 15.9. The van der Waals surface area contributed by atoms with Gasteiger partial charge in [0.1, 0.15) is 0 Å². The van der Waals surface area contributed by atoms with Crippen LogP contribution in [0.15, 0.2) is 71.1 Å². The van der Waals surface area contributed by atoms with Crippen molar-refractivity contribution in [1.29, 1.82) is 0 Å². The zero-order chi connectivity index (χ0) is 23.4. The van der Waals surface area contributed by atoms with E-state index < -0.39 is 0 Å². The molecule has 3 aromatic carbocycles. The molecule has 0 unspecified atom stereocenters. The SMILES string of the molecule is CC(=O)Nc1cccc(CNC(=O)c2ccc(-c3cc(-c4nnc(C)o4)ccc3C)cc2)c1. The van der Waals surface area contributed by atoms with Crippen LogP contribution in [0.25, 0.3) is 22.6 Å². The highest BCUT2D eigenvalue weighted by molar-refractivity contribution is 5.94. The second-order valence-electron chi connectivity index (χ2n) is 7.80. The fraction of sp³-hybridized carbons (Fsp3) is 0.154. The van der Waals surface area contributed by atoms with E-state index in [-0.39, 0.29) is 11.8 Å². The molecular formula is C26H24N4O3. The smallest absolute Gasteiger partial charge is 0.251 e. The van der Waals surface area contributed by atoms with E-state index in [4.69, 9.17) is 4.42 Å². The first-order valence-electron chi connectivity index (χ1n) is 10.6. The zero-order valence-corrected chi connectivity index (χ0v) is 18.7. The van der Waals surface area contributed by atoms with Gasteiger partial charge < -0.3 is 15.1 Å². The minimum absolute atomic E-state index is 0.135. The molecule has 7 heteroatoms. The summed E-state index contributed by atoms with van der Waals surface area (Å²) in [5.74, 6) is 0.694. The molecule has 33 heavy (non-hydrogen) atoms. The molecule has 4 aromatic rings. The molecular weight excluding hydrogens is 416 g/mol. The number of aromatic nitrogens is 2. The van der Waals surface area contributed by atoms with E-state index in [1.807, 2.05) is 61.5 Å². The summed E-state index contributed by atoms with van der Waals surface area (Å²) in [7, 11) is 0. The Balaban J connectivity index is 1.46. The number of nitrogens with one attached hydrogen (secondary N) is 2. The van der Waals surface area contributed by atoms with Gasteiger partial charge in [0, 0.05) is 37.2 Å². The van der Waals surface area contributed by atoms with Crippen molar-refractivity contribution in [3.05, 3.63) is 89.3 Å². The third kappa shape index (κ3) is 5.33. The van der Waals surface area contributed by atoms with Gasteiger partial charge in [-0.1, -0.05) is 30.3 Å². The lowest BCUT2D eigenvalue weighted by Crippen LogP contribution is -2.22. The second kappa shape index (κ2) is 9.48. The highest BCUT2D eigenvalue weighted by atomic mass is 16.4. The zero-order valence-electron chi connectivity index (χ0n) is 18.7. The van der Waals surface area contributed by atoms with E-state index >= 15 is 0 Å². The normalized spacial score (nSPS) is 10.6. The second-order valence-corrected chi connectivity index (χ2v) is 7.80. The fourth-order valence-corrected chi connectivity index (χ4v) is 3.53. The summed E-state index contributed by atoms with van der Waals surface area (Å²) in [5.41, 5.74) is 6.14. The number of carbonyl (C=O) groups is 2. The molecule has 1 heterocycles. The quantitative estimate of drug-likeness (QED) is 0.444. The lowest BCUT2D eigenvalue weighted by molar-refractivity contribution is -0.114. The number of aryl methyl sites for hydroxylation is 2. The molecule has 2 N–H and O–H groups in total. The number of amides is 2. The highest BCUT2D eigenvalue weighted by Crippen LogP contribution is 2.29. The van der Waals surface area contributed by atoms with Crippen molar-refractivity contribution in [2.24, 2.45) is 0 Å². The summed E-state index contributed by atoms with van der Waals surface area (Å²) in [6.45, 7) is 5.61. The van der Waals surface area contributed by atoms with Crippen LogP contribution >= 0.6 is 0 Å². The molecule has 4 rings (SSSR count). The third-order valence-corrected chi connectivity index (χ3v) is 5.17. The van der Waals surface area contributed by atoms with E-state index in [2.05, 4.69) is 20.8 Å². The van der Waals surface area contributed by atoms with Crippen LogP contribution in [0.4, 0.5) is 5.69 Å². The molecule has 0 radical (unpaired) electrons. The van der Waals surface area contributed by atoms with Gasteiger partial charge in [0.25, 0.3) is 5.91 Å². The fourth-order valence-electron chi connectivity index (χ4n) is 3.53. The molecule has 1 aromatic heterocycles. The average Bonchev–Trinajstić information content (AvgIpc) is 3.24. The van der Waals surface area contributed by atoms with Gasteiger partial charge in [-0.15, -0.1) is 10.2 Å². The van der Waals surface area contributed by atoms with Crippen molar-refractivity contribution in [2.75, 3.05) is 5.32 Å². The molecule has 0 fully saturated rings. The first kappa shape index (κ1) is 22.0. The van der Waals surface area contributed by atoms with Crippen LogP contribution in [-0.4, -0.2) is 22.0 Å². The molecule has 0 bridgehead atoms. The summed E-state index contributed by atoms with van der Waals surface area (Å²) in [6.07, 6.45) is 0. The maximum absolute atomic E-state index is 12.6. The van der Waals surface area contributed by atoms with E-state index in [0.717, 1.165) is 27.8 Å². The van der Waals surface area contributed by atoms with Crippen molar-refractivity contribution in [3.8, 4) is 22.6 Å². The predicted molar refractivity (Wildman–Crippen MR) is 127 cm³/mol. The number of hydrogen-bond donors (Lipinski definition) is 2. The van der Waals surface area contributed by atoms with Gasteiger partial charge in [0.2, 0.25) is 17.7 Å². The maximum atomic E-state index is 12.6.